The van der Waals surface area contributed by atoms with Crippen molar-refractivity contribution in [1.29, 1.82) is 0 Å². The molecule has 20 heavy (non-hydrogen) atoms. The zero-order valence-corrected chi connectivity index (χ0v) is 12.9. The first kappa shape index (κ1) is 16.7. The number of amides is 1. The molecule has 1 amide bonds. The van der Waals surface area contributed by atoms with Crippen LogP contribution in [0, 0.1) is 5.92 Å². The van der Waals surface area contributed by atoms with Crippen LogP contribution in [0.2, 0.25) is 0 Å². The fourth-order valence-corrected chi connectivity index (χ4v) is 2.22. The molecular weight excluding hydrogens is 250 g/mol. The molecular formula is C17H27NO2. The molecule has 1 unspecified atom stereocenters. The highest BCUT2D eigenvalue weighted by Crippen LogP contribution is 2.09. The van der Waals surface area contributed by atoms with Crippen LogP contribution >= 0.6 is 0 Å². The van der Waals surface area contributed by atoms with Gasteiger partial charge in [-0.25, -0.2) is 0 Å². The van der Waals surface area contributed by atoms with Gasteiger partial charge in [-0.05, 0) is 42.9 Å². The Morgan fingerprint density at radius 1 is 1.25 bits per heavy atom. The number of hydrogen-bond donors (Lipinski definition) is 2. The van der Waals surface area contributed by atoms with Gasteiger partial charge >= 0.3 is 0 Å². The molecule has 1 atom stereocenters. The Balaban J connectivity index is 2.58. The summed E-state index contributed by atoms with van der Waals surface area (Å²) in [5.41, 5.74) is 1.93. The van der Waals surface area contributed by atoms with Gasteiger partial charge in [-0.3, -0.25) is 4.79 Å². The van der Waals surface area contributed by atoms with Gasteiger partial charge in [0.25, 0.3) is 5.91 Å². The second kappa shape index (κ2) is 8.75. The smallest absolute Gasteiger partial charge is 0.251 e. The van der Waals surface area contributed by atoms with Crippen molar-refractivity contribution in [2.45, 2.75) is 52.5 Å². The van der Waals surface area contributed by atoms with Crippen LogP contribution in [-0.2, 0) is 6.42 Å². The number of rotatable bonds is 8. The molecule has 112 valence electrons. The van der Waals surface area contributed by atoms with Crippen molar-refractivity contribution < 1.29 is 9.90 Å². The average molecular weight is 277 g/mol. The maximum absolute atomic E-state index is 12.1. The van der Waals surface area contributed by atoms with Crippen molar-refractivity contribution in [2.24, 2.45) is 5.92 Å². The third kappa shape index (κ3) is 5.74. The summed E-state index contributed by atoms with van der Waals surface area (Å²) in [6, 6.07) is 7.60. The topological polar surface area (TPSA) is 49.3 Å². The van der Waals surface area contributed by atoms with E-state index in [-0.39, 0.29) is 18.6 Å². The molecule has 1 rings (SSSR count). The molecule has 1 aromatic rings. The van der Waals surface area contributed by atoms with E-state index >= 15 is 0 Å². The molecule has 0 spiro atoms. The fraction of sp³-hybridized carbons (Fsp3) is 0.588. The van der Waals surface area contributed by atoms with E-state index in [0.29, 0.717) is 11.5 Å². The number of nitrogens with one attached hydrogen (secondary N) is 1. The number of benzene rings is 1. The van der Waals surface area contributed by atoms with Crippen LogP contribution in [0.25, 0.3) is 0 Å². The van der Waals surface area contributed by atoms with Gasteiger partial charge in [0, 0.05) is 5.56 Å². The Labute approximate surface area is 122 Å². The van der Waals surface area contributed by atoms with Gasteiger partial charge in [-0.2, -0.15) is 0 Å². The van der Waals surface area contributed by atoms with Crippen LogP contribution in [-0.4, -0.2) is 23.7 Å². The highest BCUT2D eigenvalue weighted by atomic mass is 16.3. The van der Waals surface area contributed by atoms with Gasteiger partial charge in [0.1, 0.15) is 0 Å². The number of hydrogen-bond acceptors (Lipinski definition) is 2. The van der Waals surface area contributed by atoms with Crippen LogP contribution in [0.15, 0.2) is 24.3 Å². The van der Waals surface area contributed by atoms with Gasteiger partial charge in [0.05, 0.1) is 12.6 Å². The molecule has 0 aliphatic carbocycles. The van der Waals surface area contributed by atoms with E-state index < -0.39 is 0 Å². The molecule has 0 saturated heterocycles. The standard InChI is InChI=1S/C17H27NO2/c1-4-5-6-14-7-9-15(10-8-14)17(20)18-16(12-19)11-13(2)3/h7-10,13,16,19H,4-6,11-12H2,1-3H3,(H,18,20). The molecule has 0 aliphatic rings. The Kier molecular flexibility index (Phi) is 7.31. The second-order valence-electron chi connectivity index (χ2n) is 5.78. The van der Waals surface area contributed by atoms with Crippen LogP contribution in [0.5, 0.6) is 0 Å². The quantitative estimate of drug-likeness (QED) is 0.767. The van der Waals surface area contributed by atoms with Crippen molar-refractivity contribution in [1.82, 2.24) is 5.32 Å². The summed E-state index contributed by atoms with van der Waals surface area (Å²) < 4.78 is 0. The number of unbranched alkanes of at least 4 members (excludes halogenated alkanes) is 1. The lowest BCUT2D eigenvalue weighted by atomic mass is 10.0. The Hall–Kier alpha value is -1.35. The lowest BCUT2D eigenvalue weighted by molar-refractivity contribution is 0.0908. The summed E-state index contributed by atoms with van der Waals surface area (Å²) in [6.07, 6.45) is 4.20. The Bertz CT molecular complexity index is 398. The van der Waals surface area contributed by atoms with E-state index in [0.717, 1.165) is 12.8 Å². The minimum absolute atomic E-state index is 0.0154. The molecule has 0 saturated carbocycles. The van der Waals surface area contributed by atoms with Crippen molar-refractivity contribution >= 4 is 5.91 Å². The van der Waals surface area contributed by atoms with Gasteiger partial charge in [-0.1, -0.05) is 39.3 Å². The number of carbonyl (C=O) groups is 1. The normalized spacial score (nSPS) is 12.4. The third-order valence-corrected chi connectivity index (χ3v) is 3.35. The van der Waals surface area contributed by atoms with E-state index in [1.54, 1.807) is 0 Å². The zero-order valence-electron chi connectivity index (χ0n) is 12.9. The van der Waals surface area contributed by atoms with Gasteiger partial charge in [-0.15, -0.1) is 0 Å². The van der Waals surface area contributed by atoms with Crippen molar-refractivity contribution in [3.05, 3.63) is 35.4 Å². The fourth-order valence-electron chi connectivity index (χ4n) is 2.22. The Morgan fingerprint density at radius 3 is 2.40 bits per heavy atom. The van der Waals surface area contributed by atoms with E-state index in [1.807, 2.05) is 24.3 Å². The molecule has 3 heteroatoms. The summed E-state index contributed by atoms with van der Waals surface area (Å²) in [6.45, 7) is 6.32. The molecule has 0 bridgehead atoms. The van der Waals surface area contributed by atoms with Crippen molar-refractivity contribution in [2.75, 3.05) is 6.61 Å². The molecule has 0 aliphatic heterocycles. The van der Waals surface area contributed by atoms with E-state index in [1.165, 1.54) is 18.4 Å². The maximum Gasteiger partial charge on any atom is 0.251 e. The summed E-state index contributed by atoms with van der Waals surface area (Å²) in [5, 5.41) is 12.2. The van der Waals surface area contributed by atoms with Crippen LogP contribution in [0.3, 0.4) is 0 Å². The molecule has 3 nitrogen and oxygen atoms in total. The molecule has 0 aromatic heterocycles. The first-order chi connectivity index (χ1) is 9.56. The first-order valence-corrected chi connectivity index (χ1v) is 7.57. The summed E-state index contributed by atoms with van der Waals surface area (Å²) in [5.74, 6) is 0.343. The molecule has 2 N–H and O–H groups in total. The predicted octanol–water partition coefficient (Wildman–Crippen LogP) is 3.17. The minimum atomic E-state index is -0.165. The SMILES string of the molecule is CCCCc1ccc(C(=O)NC(CO)CC(C)C)cc1. The van der Waals surface area contributed by atoms with Crippen molar-refractivity contribution in [3.8, 4) is 0 Å². The van der Waals surface area contributed by atoms with E-state index in [9.17, 15) is 9.90 Å². The number of aryl methyl sites for hydroxylation is 1. The highest BCUT2D eigenvalue weighted by molar-refractivity contribution is 5.94. The average Bonchev–Trinajstić information content (AvgIpc) is 2.44. The Morgan fingerprint density at radius 2 is 1.90 bits per heavy atom. The lowest BCUT2D eigenvalue weighted by Crippen LogP contribution is -2.38. The molecule has 1 aromatic carbocycles. The summed E-state index contributed by atoms with van der Waals surface area (Å²) in [4.78, 5) is 12.1. The molecule has 0 radical (unpaired) electrons. The number of carbonyl (C=O) groups excluding carboxylic acids is 1. The minimum Gasteiger partial charge on any atom is -0.394 e. The van der Waals surface area contributed by atoms with Crippen LogP contribution in [0.1, 0.15) is 56.0 Å². The predicted molar refractivity (Wildman–Crippen MR) is 82.8 cm³/mol. The van der Waals surface area contributed by atoms with Gasteiger partial charge in [0.15, 0.2) is 0 Å². The van der Waals surface area contributed by atoms with Crippen LogP contribution in [0.4, 0.5) is 0 Å². The molecule has 0 fully saturated rings. The van der Waals surface area contributed by atoms with E-state index in [2.05, 4.69) is 26.1 Å². The largest absolute Gasteiger partial charge is 0.394 e. The third-order valence-electron chi connectivity index (χ3n) is 3.35. The maximum atomic E-state index is 12.1. The summed E-state index contributed by atoms with van der Waals surface area (Å²) >= 11 is 0. The van der Waals surface area contributed by atoms with E-state index in [4.69, 9.17) is 0 Å². The zero-order chi connectivity index (χ0) is 15.0. The molecule has 0 heterocycles. The van der Waals surface area contributed by atoms with Crippen molar-refractivity contribution in [3.63, 3.8) is 0 Å². The highest BCUT2D eigenvalue weighted by Gasteiger charge is 2.14. The lowest BCUT2D eigenvalue weighted by Gasteiger charge is -2.18. The monoisotopic (exact) mass is 277 g/mol. The van der Waals surface area contributed by atoms with Crippen LogP contribution < -0.4 is 5.32 Å². The van der Waals surface area contributed by atoms with Gasteiger partial charge < -0.3 is 10.4 Å². The second-order valence-corrected chi connectivity index (χ2v) is 5.78. The number of aliphatic hydroxyl groups excluding tert-OH is 1. The first-order valence-electron chi connectivity index (χ1n) is 7.57. The summed E-state index contributed by atoms with van der Waals surface area (Å²) in [7, 11) is 0. The number of aliphatic hydroxyl groups is 1. The van der Waals surface area contributed by atoms with Gasteiger partial charge in [0.2, 0.25) is 0 Å².